The Labute approximate surface area is 98.6 Å². The Hall–Kier alpha value is -1.81. The molecule has 4 heteroatoms. The number of anilines is 3. The van der Waals surface area contributed by atoms with Crippen molar-refractivity contribution in [1.82, 2.24) is 0 Å². The second-order valence-electron chi connectivity index (χ2n) is 3.40. The molecule has 82 valence electrons. The van der Waals surface area contributed by atoms with E-state index in [1.807, 2.05) is 36.4 Å². The average Bonchev–Trinajstić information content (AvgIpc) is 2.31. The molecule has 0 saturated carbocycles. The predicted molar refractivity (Wildman–Crippen MR) is 70.2 cm³/mol. The van der Waals surface area contributed by atoms with E-state index in [9.17, 15) is 0 Å². The van der Waals surface area contributed by atoms with Crippen molar-refractivity contribution in [2.75, 3.05) is 17.2 Å². The molecule has 16 heavy (non-hydrogen) atoms. The molecule has 2 aromatic rings. The number of nitrogens with two attached hydrogens (primary N) is 3. The molecule has 0 unspecified atom stereocenters. The zero-order valence-corrected chi connectivity index (χ0v) is 9.50. The van der Waals surface area contributed by atoms with Gasteiger partial charge in [0.15, 0.2) is 0 Å². The Kier molecular flexibility index (Phi) is 2.92. The van der Waals surface area contributed by atoms with E-state index in [0.29, 0.717) is 17.1 Å². The van der Waals surface area contributed by atoms with Gasteiger partial charge in [0, 0.05) is 9.79 Å². The third-order valence-electron chi connectivity index (χ3n) is 2.25. The zero-order chi connectivity index (χ0) is 11.5. The molecule has 0 radical (unpaired) electrons. The van der Waals surface area contributed by atoms with Crippen molar-refractivity contribution < 1.29 is 0 Å². The van der Waals surface area contributed by atoms with Crippen molar-refractivity contribution in [3.8, 4) is 0 Å². The van der Waals surface area contributed by atoms with Crippen LogP contribution in [-0.4, -0.2) is 0 Å². The second kappa shape index (κ2) is 4.37. The molecule has 0 fully saturated rings. The number of benzene rings is 2. The third kappa shape index (κ3) is 2.06. The van der Waals surface area contributed by atoms with Crippen molar-refractivity contribution >= 4 is 28.8 Å². The summed E-state index contributed by atoms with van der Waals surface area (Å²) in [5.74, 6) is 0. The lowest BCUT2D eigenvalue weighted by molar-refractivity contribution is 1.41. The first-order valence-electron chi connectivity index (χ1n) is 4.85. The highest BCUT2D eigenvalue weighted by atomic mass is 32.2. The standard InChI is InChI=1S/C12H13N3S/c13-9-6-7-10(12(15)11(9)14)16-8-4-2-1-3-5-8/h1-7H,13-15H2. The van der Waals surface area contributed by atoms with E-state index in [1.165, 1.54) is 0 Å². The monoisotopic (exact) mass is 231 g/mol. The van der Waals surface area contributed by atoms with Gasteiger partial charge >= 0.3 is 0 Å². The van der Waals surface area contributed by atoms with Crippen LogP contribution in [0.2, 0.25) is 0 Å². The number of nitrogen functional groups attached to an aromatic ring is 3. The van der Waals surface area contributed by atoms with Gasteiger partial charge in [-0.15, -0.1) is 0 Å². The molecule has 0 amide bonds. The average molecular weight is 231 g/mol. The third-order valence-corrected chi connectivity index (χ3v) is 3.34. The van der Waals surface area contributed by atoms with Gasteiger partial charge in [-0.3, -0.25) is 0 Å². The Balaban J connectivity index is 2.33. The Bertz CT molecular complexity index is 497. The maximum absolute atomic E-state index is 5.91. The van der Waals surface area contributed by atoms with Crippen LogP contribution >= 0.6 is 11.8 Å². The number of hydrogen-bond acceptors (Lipinski definition) is 4. The fourth-order valence-corrected chi connectivity index (χ4v) is 2.24. The molecule has 0 aromatic heterocycles. The maximum atomic E-state index is 5.91. The van der Waals surface area contributed by atoms with Crippen molar-refractivity contribution in [3.05, 3.63) is 42.5 Å². The molecular formula is C12H13N3S. The van der Waals surface area contributed by atoms with Crippen LogP contribution in [0.5, 0.6) is 0 Å². The summed E-state index contributed by atoms with van der Waals surface area (Å²) in [5.41, 5.74) is 18.9. The molecule has 0 aliphatic carbocycles. The summed E-state index contributed by atoms with van der Waals surface area (Å²) in [4.78, 5) is 2.05. The summed E-state index contributed by atoms with van der Waals surface area (Å²) in [7, 11) is 0. The van der Waals surface area contributed by atoms with E-state index in [4.69, 9.17) is 17.2 Å². The van der Waals surface area contributed by atoms with Crippen LogP contribution in [0.3, 0.4) is 0 Å². The van der Waals surface area contributed by atoms with E-state index < -0.39 is 0 Å². The number of hydrogen-bond donors (Lipinski definition) is 3. The van der Waals surface area contributed by atoms with Crippen molar-refractivity contribution in [2.45, 2.75) is 9.79 Å². The topological polar surface area (TPSA) is 78.1 Å². The first kappa shape index (κ1) is 10.7. The van der Waals surface area contributed by atoms with E-state index in [1.54, 1.807) is 17.8 Å². The summed E-state index contributed by atoms with van der Waals surface area (Å²) < 4.78 is 0. The lowest BCUT2D eigenvalue weighted by Crippen LogP contribution is -2.01. The van der Waals surface area contributed by atoms with Gasteiger partial charge in [-0.2, -0.15) is 0 Å². The molecule has 2 rings (SSSR count). The molecule has 2 aromatic carbocycles. The fraction of sp³-hybridized carbons (Fsp3) is 0. The molecule has 0 bridgehead atoms. The molecule has 0 atom stereocenters. The first-order valence-corrected chi connectivity index (χ1v) is 5.66. The highest BCUT2D eigenvalue weighted by molar-refractivity contribution is 7.99. The maximum Gasteiger partial charge on any atom is 0.0793 e. The van der Waals surface area contributed by atoms with Gasteiger partial charge < -0.3 is 17.2 Å². The lowest BCUT2D eigenvalue weighted by Gasteiger charge is -2.09. The SMILES string of the molecule is Nc1ccc(Sc2ccccc2)c(N)c1N. The fourth-order valence-electron chi connectivity index (χ4n) is 1.34. The molecule has 0 aliphatic heterocycles. The lowest BCUT2D eigenvalue weighted by atomic mass is 10.2. The molecule has 0 aliphatic rings. The van der Waals surface area contributed by atoms with Crippen molar-refractivity contribution in [3.63, 3.8) is 0 Å². The van der Waals surface area contributed by atoms with Crippen LogP contribution in [-0.2, 0) is 0 Å². The van der Waals surface area contributed by atoms with Gasteiger partial charge in [-0.1, -0.05) is 30.0 Å². The minimum Gasteiger partial charge on any atom is -0.397 e. The minimum atomic E-state index is 0.459. The largest absolute Gasteiger partial charge is 0.397 e. The van der Waals surface area contributed by atoms with Crippen molar-refractivity contribution in [1.29, 1.82) is 0 Å². The van der Waals surface area contributed by atoms with Crippen LogP contribution in [0.1, 0.15) is 0 Å². The van der Waals surface area contributed by atoms with Gasteiger partial charge in [-0.05, 0) is 24.3 Å². The molecular weight excluding hydrogens is 218 g/mol. The van der Waals surface area contributed by atoms with Gasteiger partial charge in [0.1, 0.15) is 0 Å². The molecule has 0 saturated heterocycles. The van der Waals surface area contributed by atoms with Crippen LogP contribution in [0.4, 0.5) is 17.1 Å². The van der Waals surface area contributed by atoms with Gasteiger partial charge in [0.2, 0.25) is 0 Å². The Morgan fingerprint density at radius 1 is 0.750 bits per heavy atom. The summed E-state index contributed by atoms with van der Waals surface area (Å²) in [6.45, 7) is 0. The van der Waals surface area contributed by atoms with Gasteiger partial charge in [0.25, 0.3) is 0 Å². The first-order chi connectivity index (χ1) is 7.68. The van der Waals surface area contributed by atoms with Crippen LogP contribution in [0.15, 0.2) is 52.3 Å². The van der Waals surface area contributed by atoms with Crippen molar-refractivity contribution in [2.24, 2.45) is 0 Å². The van der Waals surface area contributed by atoms with Crippen LogP contribution in [0, 0.1) is 0 Å². The quantitative estimate of drug-likeness (QED) is 0.694. The molecule has 0 spiro atoms. The molecule has 0 heterocycles. The summed E-state index contributed by atoms with van der Waals surface area (Å²) in [5, 5.41) is 0. The molecule has 3 nitrogen and oxygen atoms in total. The summed E-state index contributed by atoms with van der Waals surface area (Å²) in [6, 6.07) is 13.7. The summed E-state index contributed by atoms with van der Waals surface area (Å²) in [6.07, 6.45) is 0. The van der Waals surface area contributed by atoms with Crippen LogP contribution in [0.25, 0.3) is 0 Å². The minimum absolute atomic E-state index is 0.459. The highest BCUT2D eigenvalue weighted by Crippen LogP contribution is 2.37. The molecule has 6 N–H and O–H groups in total. The normalized spacial score (nSPS) is 10.2. The Morgan fingerprint density at radius 3 is 2.12 bits per heavy atom. The van der Waals surface area contributed by atoms with Crippen LogP contribution < -0.4 is 17.2 Å². The van der Waals surface area contributed by atoms with E-state index >= 15 is 0 Å². The highest BCUT2D eigenvalue weighted by Gasteiger charge is 2.06. The van der Waals surface area contributed by atoms with E-state index in [0.717, 1.165) is 9.79 Å². The zero-order valence-electron chi connectivity index (χ0n) is 8.68. The van der Waals surface area contributed by atoms with E-state index in [2.05, 4.69) is 0 Å². The smallest absolute Gasteiger partial charge is 0.0793 e. The predicted octanol–water partition coefficient (Wildman–Crippen LogP) is 2.58. The number of rotatable bonds is 2. The summed E-state index contributed by atoms with van der Waals surface area (Å²) >= 11 is 1.58. The second-order valence-corrected chi connectivity index (χ2v) is 4.51. The van der Waals surface area contributed by atoms with E-state index in [-0.39, 0.29) is 0 Å². The Morgan fingerprint density at radius 2 is 1.44 bits per heavy atom. The van der Waals surface area contributed by atoms with Gasteiger partial charge in [0.05, 0.1) is 17.1 Å². The van der Waals surface area contributed by atoms with Gasteiger partial charge in [-0.25, -0.2) is 0 Å².